The molecule has 15 heavy (non-hydrogen) atoms. The van der Waals surface area contributed by atoms with Crippen LogP contribution in [0, 0.1) is 6.92 Å². The van der Waals surface area contributed by atoms with E-state index in [1.165, 1.54) is 7.11 Å². The number of esters is 1. The van der Waals surface area contributed by atoms with Crippen LogP contribution in [-0.4, -0.2) is 32.3 Å². The zero-order valence-corrected chi connectivity index (χ0v) is 13.0. The van der Waals surface area contributed by atoms with Gasteiger partial charge in [-0.2, -0.15) is 14.8 Å². The van der Waals surface area contributed by atoms with Crippen LogP contribution in [0.4, 0.5) is 0 Å². The van der Waals surface area contributed by atoms with E-state index < -0.39 is 10.1 Å². The number of hydrogen-bond donors (Lipinski definition) is 1. The molecule has 1 N–H and O–H groups in total. The van der Waals surface area contributed by atoms with Gasteiger partial charge in [0, 0.05) is 25.9 Å². The van der Waals surface area contributed by atoms with Gasteiger partial charge in [-0.05, 0) is 6.42 Å². The summed E-state index contributed by atoms with van der Waals surface area (Å²) in [7, 11) is -2.26. The minimum absolute atomic E-state index is 0. The molecule has 0 aliphatic carbocycles. The van der Waals surface area contributed by atoms with Crippen LogP contribution in [0.5, 0.6) is 0 Å². The molecule has 0 atom stereocenters. The molecule has 0 aromatic heterocycles. The normalized spacial score (nSPS) is 9.33. The molecule has 0 aromatic rings. The number of ether oxygens (including phenoxy) is 1. The smallest absolute Gasteiger partial charge is 0.305 e. The van der Waals surface area contributed by atoms with Crippen LogP contribution in [0.3, 0.4) is 0 Å². The Balaban J connectivity index is -0.000000208. The monoisotopic (exact) mass is 289 g/mol. The molecule has 0 rings (SSSR count). The van der Waals surface area contributed by atoms with E-state index in [0.717, 1.165) is 19.3 Å². The second kappa shape index (κ2) is 12.1. The molecule has 0 aliphatic rings. The molecule has 0 radical (unpaired) electrons. The average molecular weight is 291 g/mol. The molecule has 88 valence electrons. The van der Waals surface area contributed by atoms with Gasteiger partial charge in [-0.3, -0.25) is 9.35 Å². The Morgan fingerprint density at radius 3 is 2.07 bits per heavy atom. The van der Waals surface area contributed by atoms with Gasteiger partial charge in [0.2, 0.25) is 0 Å². The van der Waals surface area contributed by atoms with Crippen molar-refractivity contribution in [2.45, 2.75) is 25.7 Å². The number of carbonyl (C=O) groups is 1. The molecule has 0 saturated heterocycles. The predicted molar refractivity (Wildman–Crippen MR) is 53.3 cm³/mol. The van der Waals surface area contributed by atoms with E-state index in [1.807, 2.05) is 0 Å². The van der Waals surface area contributed by atoms with Crippen molar-refractivity contribution in [3.8, 4) is 0 Å². The third-order valence-electron chi connectivity index (χ3n) is 1.11. The van der Waals surface area contributed by atoms with Crippen molar-refractivity contribution in [2.75, 3.05) is 13.4 Å². The van der Waals surface area contributed by atoms with Crippen molar-refractivity contribution in [2.24, 2.45) is 0 Å². The Hall–Kier alpha value is 0.00338. The first-order chi connectivity index (χ1) is 6.31. The number of rotatable bonds is 4. The Morgan fingerprint density at radius 2 is 1.80 bits per heavy atom. The summed E-state index contributed by atoms with van der Waals surface area (Å²) in [6.45, 7) is 3.66. The van der Waals surface area contributed by atoms with Gasteiger partial charge in [-0.1, -0.05) is 6.42 Å². The Bertz CT molecular complexity index is 229. The third-order valence-corrected chi connectivity index (χ3v) is 1.11. The van der Waals surface area contributed by atoms with Gasteiger partial charge >= 0.3 is 5.97 Å². The van der Waals surface area contributed by atoms with Crippen LogP contribution in [0.25, 0.3) is 0 Å². The molecule has 0 bridgehead atoms. The van der Waals surface area contributed by atoms with Crippen molar-refractivity contribution in [1.82, 2.24) is 0 Å². The van der Waals surface area contributed by atoms with Crippen molar-refractivity contribution in [3.63, 3.8) is 0 Å². The zero-order chi connectivity index (χ0) is 11.6. The van der Waals surface area contributed by atoms with E-state index in [2.05, 4.69) is 11.7 Å². The molecular formula is C8H17O5SZn-. The molecule has 0 aromatic carbocycles. The first-order valence-electron chi connectivity index (χ1n) is 4.09. The maximum absolute atomic E-state index is 10.4. The van der Waals surface area contributed by atoms with Crippen LogP contribution < -0.4 is 0 Å². The number of carbonyl (C=O) groups excluding carboxylic acids is 1. The number of hydrogen-bond acceptors (Lipinski definition) is 4. The molecule has 5 nitrogen and oxygen atoms in total. The summed E-state index contributed by atoms with van der Waals surface area (Å²) in [4.78, 5) is 10.4. The van der Waals surface area contributed by atoms with E-state index in [1.54, 1.807) is 0 Å². The summed E-state index contributed by atoms with van der Waals surface area (Å²) in [6.07, 6.45) is 4.06. The van der Waals surface area contributed by atoms with Gasteiger partial charge in [0.05, 0.1) is 13.4 Å². The van der Waals surface area contributed by atoms with E-state index in [4.69, 9.17) is 4.55 Å². The SMILES string of the molecule is CS(=O)(=O)O.[CH2-]CCCCC(=O)OC.[Zn]. The molecular weight excluding hydrogens is 274 g/mol. The van der Waals surface area contributed by atoms with Gasteiger partial charge in [-0.25, -0.2) is 0 Å². The van der Waals surface area contributed by atoms with Crippen LogP contribution in [-0.2, 0) is 39.1 Å². The second-order valence-electron chi connectivity index (χ2n) is 2.62. The summed E-state index contributed by atoms with van der Waals surface area (Å²) < 4.78 is 30.3. The summed E-state index contributed by atoms with van der Waals surface area (Å²) in [5.41, 5.74) is 0. The molecule has 0 heterocycles. The quantitative estimate of drug-likeness (QED) is 0.275. The van der Waals surface area contributed by atoms with Crippen molar-refractivity contribution in [3.05, 3.63) is 6.92 Å². The minimum atomic E-state index is -3.67. The van der Waals surface area contributed by atoms with Gasteiger partial charge < -0.3 is 11.7 Å². The first kappa shape index (κ1) is 20.4. The largest absolute Gasteiger partial charge is 0.469 e. The Labute approximate surface area is 104 Å². The standard InChI is InChI=1S/C7H13O2.CH4O3S.Zn/c1-3-4-5-6-7(8)9-2;1-5(2,3)4;/h1,3-6H2,2H3;1H3,(H,2,3,4);/q-1;;. The summed E-state index contributed by atoms with van der Waals surface area (Å²) in [5.74, 6) is -0.122. The van der Waals surface area contributed by atoms with E-state index in [0.29, 0.717) is 12.7 Å². The minimum Gasteiger partial charge on any atom is -0.469 e. The molecule has 0 amide bonds. The number of methoxy groups -OCH3 is 1. The molecule has 0 unspecified atom stereocenters. The van der Waals surface area contributed by atoms with Gasteiger partial charge in [0.15, 0.2) is 0 Å². The maximum Gasteiger partial charge on any atom is 0.305 e. The topological polar surface area (TPSA) is 80.7 Å². The van der Waals surface area contributed by atoms with Crippen LogP contribution in [0.2, 0.25) is 0 Å². The predicted octanol–water partition coefficient (Wildman–Crippen LogP) is 1.06. The van der Waals surface area contributed by atoms with Crippen molar-refractivity contribution in [1.29, 1.82) is 0 Å². The van der Waals surface area contributed by atoms with Crippen molar-refractivity contribution < 1.29 is 42.0 Å². The van der Waals surface area contributed by atoms with Gasteiger partial charge in [0.1, 0.15) is 0 Å². The summed E-state index contributed by atoms with van der Waals surface area (Å²) in [5, 5.41) is 0. The van der Waals surface area contributed by atoms with E-state index >= 15 is 0 Å². The molecule has 0 fully saturated rings. The average Bonchev–Trinajstić information content (AvgIpc) is 2.01. The van der Waals surface area contributed by atoms with E-state index in [-0.39, 0.29) is 25.4 Å². The zero-order valence-electron chi connectivity index (χ0n) is 9.23. The molecule has 0 spiro atoms. The van der Waals surface area contributed by atoms with Gasteiger partial charge in [0.25, 0.3) is 10.1 Å². The Morgan fingerprint density at radius 1 is 1.40 bits per heavy atom. The Kier molecular flexibility index (Phi) is 16.4. The molecule has 0 aliphatic heterocycles. The van der Waals surface area contributed by atoms with Crippen LogP contribution in [0.1, 0.15) is 25.7 Å². The fraction of sp³-hybridized carbons (Fsp3) is 0.750. The van der Waals surface area contributed by atoms with Crippen molar-refractivity contribution >= 4 is 16.1 Å². The summed E-state index contributed by atoms with van der Waals surface area (Å²) >= 11 is 0. The third kappa shape index (κ3) is 41.1. The maximum atomic E-state index is 10.4. The molecule has 0 saturated carbocycles. The van der Waals surface area contributed by atoms with Crippen LogP contribution >= 0.6 is 0 Å². The number of unbranched alkanes of at least 4 members (excludes halogenated alkanes) is 2. The fourth-order valence-electron chi connectivity index (χ4n) is 0.548. The second-order valence-corrected chi connectivity index (χ2v) is 4.09. The van der Waals surface area contributed by atoms with Gasteiger partial charge in [-0.15, -0.1) is 0 Å². The van der Waals surface area contributed by atoms with Crippen LogP contribution in [0.15, 0.2) is 0 Å². The fourth-order valence-corrected chi connectivity index (χ4v) is 0.548. The summed E-state index contributed by atoms with van der Waals surface area (Å²) in [6, 6.07) is 0. The molecule has 7 heteroatoms. The van der Waals surface area contributed by atoms with E-state index in [9.17, 15) is 13.2 Å². The first-order valence-corrected chi connectivity index (χ1v) is 5.94.